The van der Waals surface area contributed by atoms with Crippen LogP contribution in [0.1, 0.15) is 6.92 Å². The fourth-order valence-electron chi connectivity index (χ4n) is 2.40. The normalized spacial score (nSPS) is 14.1. The molecule has 3 aromatic rings. The molecule has 0 radical (unpaired) electrons. The number of aliphatic carboxylic acids is 1. The van der Waals surface area contributed by atoms with E-state index in [0.29, 0.717) is 10.9 Å². The zero-order valence-corrected chi connectivity index (χ0v) is 16.3. The Kier molecular flexibility index (Phi) is 6.14. The molecule has 7 nitrogen and oxygen atoms in total. The highest BCUT2D eigenvalue weighted by Gasteiger charge is 2.38. The lowest BCUT2D eigenvalue weighted by Crippen LogP contribution is -2.34. The first-order chi connectivity index (χ1) is 14.5. The highest BCUT2D eigenvalue weighted by atomic mass is 31.2. The molecular formula is C18H12F5N2O5P. The van der Waals surface area contributed by atoms with Crippen LogP contribution in [-0.2, 0) is 9.36 Å². The van der Waals surface area contributed by atoms with E-state index in [1.807, 2.05) is 5.09 Å². The lowest BCUT2D eigenvalue weighted by atomic mass is 10.2. The molecule has 0 fully saturated rings. The van der Waals surface area contributed by atoms with E-state index in [2.05, 4.69) is 9.51 Å². The summed E-state index contributed by atoms with van der Waals surface area (Å²) in [4.78, 5) is 15.2. The van der Waals surface area contributed by atoms with Gasteiger partial charge in [0.25, 0.3) is 0 Å². The first-order valence-electron chi connectivity index (χ1n) is 8.38. The van der Waals surface area contributed by atoms with Gasteiger partial charge in [-0.3, -0.25) is 9.78 Å². The Morgan fingerprint density at radius 2 is 1.65 bits per heavy atom. The molecule has 0 amide bonds. The van der Waals surface area contributed by atoms with Crippen LogP contribution in [0.2, 0.25) is 0 Å². The maximum Gasteiger partial charge on any atom is 0.513 e. The summed E-state index contributed by atoms with van der Waals surface area (Å²) in [6.45, 7) is 0.991. The van der Waals surface area contributed by atoms with Crippen LogP contribution in [0.5, 0.6) is 11.5 Å². The van der Waals surface area contributed by atoms with Gasteiger partial charge in [-0.15, -0.1) is 0 Å². The highest BCUT2D eigenvalue weighted by molar-refractivity contribution is 7.52. The minimum Gasteiger partial charge on any atom is -0.480 e. The van der Waals surface area contributed by atoms with Crippen molar-refractivity contribution in [3.63, 3.8) is 0 Å². The summed E-state index contributed by atoms with van der Waals surface area (Å²) in [5.41, 5.74) is 0.497. The van der Waals surface area contributed by atoms with Crippen LogP contribution >= 0.6 is 7.75 Å². The van der Waals surface area contributed by atoms with Crippen LogP contribution in [0.25, 0.3) is 10.9 Å². The largest absolute Gasteiger partial charge is 0.513 e. The summed E-state index contributed by atoms with van der Waals surface area (Å²) < 4.78 is 91.0. The molecular weight excluding hydrogens is 450 g/mol. The number of carboxylic acid groups (broad SMARTS) is 1. The third-order valence-electron chi connectivity index (χ3n) is 3.90. The van der Waals surface area contributed by atoms with E-state index in [0.717, 1.165) is 6.92 Å². The second-order valence-corrected chi connectivity index (χ2v) is 7.74. The summed E-state index contributed by atoms with van der Waals surface area (Å²) in [7, 11) is -5.05. The number of nitrogens with zero attached hydrogens (tertiary/aromatic N) is 1. The smallest absolute Gasteiger partial charge is 0.480 e. The number of carboxylic acids is 1. The average molecular weight is 462 g/mol. The highest BCUT2D eigenvalue weighted by Crippen LogP contribution is 2.47. The van der Waals surface area contributed by atoms with Gasteiger partial charge in [-0.25, -0.2) is 17.7 Å². The number of fused-ring (bicyclic) bond motifs is 1. The van der Waals surface area contributed by atoms with Crippen LogP contribution in [0.3, 0.4) is 0 Å². The molecule has 1 heterocycles. The molecule has 0 bridgehead atoms. The molecule has 3 rings (SSSR count). The molecule has 0 spiro atoms. The van der Waals surface area contributed by atoms with Crippen molar-refractivity contribution in [1.82, 2.24) is 10.1 Å². The van der Waals surface area contributed by atoms with Crippen molar-refractivity contribution in [2.24, 2.45) is 0 Å². The van der Waals surface area contributed by atoms with Gasteiger partial charge in [-0.05, 0) is 31.2 Å². The molecule has 13 heteroatoms. The molecule has 0 aliphatic heterocycles. The molecule has 2 unspecified atom stereocenters. The van der Waals surface area contributed by atoms with Crippen LogP contribution in [0.4, 0.5) is 22.0 Å². The number of aromatic nitrogens is 1. The van der Waals surface area contributed by atoms with Crippen molar-refractivity contribution in [3.05, 3.63) is 65.6 Å². The lowest BCUT2D eigenvalue weighted by molar-refractivity contribution is -0.138. The van der Waals surface area contributed by atoms with Crippen molar-refractivity contribution in [1.29, 1.82) is 0 Å². The van der Waals surface area contributed by atoms with Gasteiger partial charge in [-0.1, -0.05) is 6.07 Å². The molecule has 0 aliphatic rings. The molecule has 2 aromatic carbocycles. The van der Waals surface area contributed by atoms with E-state index in [1.165, 1.54) is 24.4 Å². The Bertz CT molecular complexity index is 1200. The fourth-order valence-corrected chi connectivity index (χ4v) is 3.92. The van der Waals surface area contributed by atoms with Gasteiger partial charge in [-0.2, -0.15) is 13.9 Å². The summed E-state index contributed by atoms with van der Waals surface area (Å²) in [5, 5.41) is 11.4. The first-order valence-corrected chi connectivity index (χ1v) is 9.92. The first kappa shape index (κ1) is 22.4. The molecule has 0 aliphatic carbocycles. The predicted molar refractivity (Wildman–Crippen MR) is 97.1 cm³/mol. The molecule has 0 saturated carbocycles. The maximum absolute atomic E-state index is 14.0. The topological polar surface area (TPSA) is 97.8 Å². The third-order valence-corrected chi connectivity index (χ3v) is 5.48. The summed E-state index contributed by atoms with van der Waals surface area (Å²) >= 11 is 0. The number of hydrogen-bond donors (Lipinski definition) is 2. The second kappa shape index (κ2) is 8.48. The Hall–Kier alpha value is -3.24. The van der Waals surface area contributed by atoms with E-state index in [9.17, 15) is 31.3 Å². The van der Waals surface area contributed by atoms with E-state index >= 15 is 0 Å². The summed E-state index contributed by atoms with van der Waals surface area (Å²) in [6.07, 6.45) is 1.50. The molecule has 1 aromatic heterocycles. The number of benzene rings is 2. The zero-order valence-electron chi connectivity index (χ0n) is 15.4. The summed E-state index contributed by atoms with van der Waals surface area (Å²) in [6, 6.07) is 5.46. The molecule has 164 valence electrons. The minimum atomic E-state index is -5.05. The molecule has 2 atom stereocenters. The summed E-state index contributed by atoms with van der Waals surface area (Å²) in [5.74, 6) is -15.6. The maximum atomic E-state index is 14.0. The standard InChI is InChI=1S/C18H12F5N2O5P/c1-8(18(26)27)25-31(28,29-10-4-5-11-9(7-10)3-2-6-24-11)30-17-15(22)13(20)12(19)14(21)16(17)23/h2-8H,1H3,(H,25,28)(H,26,27). The van der Waals surface area contributed by atoms with Crippen LogP contribution < -0.4 is 14.1 Å². The van der Waals surface area contributed by atoms with Gasteiger partial charge >= 0.3 is 13.7 Å². The van der Waals surface area contributed by atoms with Crippen molar-refractivity contribution in [3.8, 4) is 11.5 Å². The number of halogens is 5. The van der Waals surface area contributed by atoms with Gasteiger partial charge in [0.05, 0.1) is 5.52 Å². The SMILES string of the molecule is CC(NP(=O)(Oc1ccc2ncccc2c1)Oc1c(F)c(F)c(F)c(F)c1F)C(=O)O. The van der Waals surface area contributed by atoms with Gasteiger partial charge in [0.1, 0.15) is 11.8 Å². The van der Waals surface area contributed by atoms with Crippen LogP contribution in [-0.4, -0.2) is 22.1 Å². The van der Waals surface area contributed by atoms with Gasteiger partial charge < -0.3 is 14.2 Å². The second-order valence-electron chi connectivity index (χ2n) is 6.13. The van der Waals surface area contributed by atoms with Crippen molar-refractivity contribution in [2.75, 3.05) is 0 Å². The van der Waals surface area contributed by atoms with Crippen molar-refractivity contribution < 1.29 is 45.5 Å². The fraction of sp³-hybridized carbons (Fsp3) is 0.111. The number of carbonyl (C=O) groups is 1. The zero-order chi connectivity index (χ0) is 22.9. The lowest BCUT2D eigenvalue weighted by Gasteiger charge is -2.23. The Balaban J connectivity index is 2.05. The molecule has 2 N–H and O–H groups in total. The number of rotatable bonds is 7. The van der Waals surface area contributed by atoms with Crippen LogP contribution in [0, 0.1) is 29.1 Å². The monoisotopic (exact) mass is 462 g/mol. The Morgan fingerprint density at radius 1 is 1.03 bits per heavy atom. The van der Waals surface area contributed by atoms with Crippen molar-refractivity contribution in [2.45, 2.75) is 13.0 Å². The number of pyridine rings is 1. The molecule has 0 saturated heterocycles. The average Bonchev–Trinajstić information content (AvgIpc) is 2.73. The van der Waals surface area contributed by atoms with Gasteiger partial charge in [0.2, 0.25) is 34.8 Å². The Morgan fingerprint density at radius 3 is 2.26 bits per heavy atom. The van der Waals surface area contributed by atoms with Crippen LogP contribution in [0.15, 0.2) is 36.5 Å². The predicted octanol–water partition coefficient (Wildman–Crippen LogP) is 4.56. The number of hydrogen-bond acceptors (Lipinski definition) is 5. The minimum absolute atomic E-state index is 0.224. The van der Waals surface area contributed by atoms with E-state index in [4.69, 9.17) is 9.63 Å². The van der Waals surface area contributed by atoms with E-state index < -0.39 is 54.6 Å². The molecule has 31 heavy (non-hydrogen) atoms. The van der Waals surface area contributed by atoms with E-state index in [1.54, 1.807) is 12.1 Å². The Labute approximate surface area is 171 Å². The van der Waals surface area contributed by atoms with Gasteiger partial charge in [0.15, 0.2) is 0 Å². The quantitative estimate of drug-likeness (QED) is 0.230. The van der Waals surface area contributed by atoms with Gasteiger partial charge in [0, 0.05) is 11.6 Å². The van der Waals surface area contributed by atoms with E-state index in [-0.39, 0.29) is 5.75 Å². The van der Waals surface area contributed by atoms with Crippen molar-refractivity contribution >= 4 is 24.6 Å². The third kappa shape index (κ3) is 4.59. The number of nitrogens with one attached hydrogen (secondary N) is 1.